The molecule has 1 aromatic heterocycles. The van der Waals surface area contributed by atoms with Crippen molar-refractivity contribution in [2.45, 2.75) is 50.9 Å². The second-order valence-corrected chi connectivity index (χ2v) is 5.52. The van der Waals surface area contributed by atoms with E-state index in [9.17, 15) is 0 Å². The van der Waals surface area contributed by atoms with Crippen LogP contribution in [0.3, 0.4) is 0 Å². The van der Waals surface area contributed by atoms with Gasteiger partial charge in [0.2, 0.25) is 0 Å². The van der Waals surface area contributed by atoms with E-state index in [1.807, 2.05) is 18.2 Å². The first-order valence-electron chi connectivity index (χ1n) is 7.55. The average molecular weight is 310 g/mol. The molecule has 2 aliphatic rings. The number of aromatic amines is 1. The summed E-state index contributed by atoms with van der Waals surface area (Å²) < 4.78 is 0. The van der Waals surface area contributed by atoms with E-state index in [-0.39, 0.29) is 17.1 Å². The average Bonchev–Trinajstić information content (AvgIpc) is 3.20. The largest absolute Gasteiger partial charge is 0.342 e. The molecule has 1 atom stereocenters. The first-order valence-corrected chi connectivity index (χ1v) is 7.55. The van der Waals surface area contributed by atoms with Gasteiger partial charge in [-0.15, -0.1) is 0 Å². The summed E-state index contributed by atoms with van der Waals surface area (Å²) in [5.41, 5.74) is 2.21. The number of fused-ring (bicyclic) bond motifs is 1. The summed E-state index contributed by atoms with van der Waals surface area (Å²) >= 11 is 0. The Labute approximate surface area is 132 Å². The van der Waals surface area contributed by atoms with Crippen molar-refractivity contribution in [2.24, 2.45) is 0 Å². The Bertz CT molecular complexity index is 470. The molecule has 0 aliphatic heterocycles. The number of benzene rings is 1. The van der Waals surface area contributed by atoms with Crippen LogP contribution >= 0.6 is 0 Å². The first-order chi connectivity index (χ1) is 9.43. The second kappa shape index (κ2) is 7.85. The molecule has 2 aliphatic carbocycles. The smallest absolute Gasteiger partial charge is 0.110 e. The molecular weight excluding hydrogens is 288 g/mol. The molecule has 0 bridgehead atoms. The summed E-state index contributed by atoms with van der Waals surface area (Å²) in [7, 11) is 0. The molecular formula is C17H22FeN2. The van der Waals surface area contributed by atoms with E-state index < -0.39 is 0 Å². The van der Waals surface area contributed by atoms with E-state index in [2.05, 4.69) is 28.9 Å². The predicted molar refractivity (Wildman–Crippen MR) is 79.8 cm³/mol. The van der Waals surface area contributed by atoms with E-state index in [0.717, 1.165) is 16.9 Å². The van der Waals surface area contributed by atoms with Crippen LogP contribution in [-0.2, 0) is 17.1 Å². The molecule has 1 heterocycles. The third-order valence-electron chi connectivity index (χ3n) is 4.02. The standard InChI is InChI=1S/C12H12N2.C5H10.Fe/c1-2-6-9(5-1)12-13-10-7-3-4-8-11(10)14-12;1-2-4-5-3-1;/h1,3-5,7-9H,2,6H2,(H,13,14);1-5H2;. The van der Waals surface area contributed by atoms with Crippen molar-refractivity contribution < 1.29 is 17.1 Å². The van der Waals surface area contributed by atoms with Gasteiger partial charge in [-0.1, -0.05) is 44.2 Å². The Morgan fingerprint density at radius 3 is 2.30 bits per heavy atom. The van der Waals surface area contributed by atoms with Gasteiger partial charge in [-0.25, -0.2) is 4.98 Å². The SMILES string of the molecule is C1CCCC1.[CH]1[CH]C(c2nc3ccccc3[nH]2)CC1.[Fe]. The minimum absolute atomic E-state index is 0. The molecule has 2 aromatic rings. The Kier molecular flexibility index (Phi) is 6.12. The van der Waals surface area contributed by atoms with Crippen molar-refractivity contribution in [2.75, 3.05) is 0 Å². The van der Waals surface area contributed by atoms with E-state index in [1.165, 1.54) is 44.9 Å². The van der Waals surface area contributed by atoms with Gasteiger partial charge in [0.15, 0.2) is 0 Å². The molecule has 0 spiro atoms. The van der Waals surface area contributed by atoms with E-state index >= 15 is 0 Å². The Morgan fingerprint density at radius 2 is 1.70 bits per heavy atom. The maximum Gasteiger partial charge on any atom is 0.110 e. The normalized spacial score (nSPS) is 18.6. The van der Waals surface area contributed by atoms with Crippen LogP contribution in [0.2, 0.25) is 0 Å². The van der Waals surface area contributed by atoms with Crippen LogP contribution in [0.25, 0.3) is 11.0 Å². The number of hydrogen-bond acceptors (Lipinski definition) is 1. The summed E-state index contributed by atoms with van der Waals surface area (Å²) in [6, 6.07) is 8.19. The summed E-state index contributed by atoms with van der Waals surface area (Å²) in [6.45, 7) is 0. The van der Waals surface area contributed by atoms with Crippen molar-refractivity contribution >= 4 is 11.0 Å². The maximum atomic E-state index is 4.59. The number of H-pyrrole nitrogens is 1. The van der Waals surface area contributed by atoms with Gasteiger partial charge < -0.3 is 4.98 Å². The zero-order valence-electron chi connectivity index (χ0n) is 11.8. The Morgan fingerprint density at radius 1 is 1.00 bits per heavy atom. The molecule has 0 amide bonds. The number of rotatable bonds is 1. The van der Waals surface area contributed by atoms with Gasteiger partial charge in [0, 0.05) is 23.0 Å². The molecule has 20 heavy (non-hydrogen) atoms. The monoisotopic (exact) mass is 310 g/mol. The molecule has 1 N–H and O–H groups in total. The number of nitrogens with one attached hydrogen (secondary N) is 1. The van der Waals surface area contributed by atoms with Crippen molar-refractivity contribution in [3.63, 3.8) is 0 Å². The summed E-state index contributed by atoms with van der Waals surface area (Å²) in [4.78, 5) is 7.96. The summed E-state index contributed by atoms with van der Waals surface area (Å²) in [6.07, 6.45) is 14.4. The van der Waals surface area contributed by atoms with Gasteiger partial charge in [-0.3, -0.25) is 0 Å². The van der Waals surface area contributed by atoms with Crippen LogP contribution in [0.1, 0.15) is 56.7 Å². The number of para-hydroxylation sites is 2. The molecule has 1 aromatic carbocycles. The van der Waals surface area contributed by atoms with E-state index in [1.54, 1.807) is 0 Å². The minimum Gasteiger partial charge on any atom is -0.342 e. The predicted octanol–water partition coefficient (Wildman–Crippen LogP) is 4.80. The number of imidazole rings is 1. The summed E-state index contributed by atoms with van der Waals surface area (Å²) in [5.74, 6) is 1.61. The van der Waals surface area contributed by atoms with Crippen LogP contribution in [0.4, 0.5) is 0 Å². The van der Waals surface area contributed by atoms with Gasteiger partial charge in [0.05, 0.1) is 11.0 Å². The molecule has 0 saturated heterocycles. The number of nitrogens with zero attached hydrogens (tertiary/aromatic N) is 1. The van der Waals surface area contributed by atoms with Gasteiger partial charge >= 0.3 is 0 Å². The topological polar surface area (TPSA) is 28.7 Å². The zero-order chi connectivity index (χ0) is 12.9. The number of hydrogen-bond donors (Lipinski definition) is 1. The van der Waals surface area contributed by atoms with Crippen molar-refractivity contribution in [3.05, 3.63) is 42.9 Å². The van der Waals surface area contributed by atoms with Crippen LogP contribution < -0.4 is 0 Å². The fourth-order valence-electron chi connectivity index (χ4n) is 2.89. The molecule has 2 radical (unpaired) electrons. The van der Waals surface area contributed by atoms with Crippen molar-refractivity contribution in [1.82, 2.24) is 9.97 Å². The van der Waals surface area contributed by atoms with Gasteiger partial charge in [-0.2, -0.15) is 0 Å². The van der Waals surface area contributed by atoms with Gasteiger partial charge in [0.1, 0.15) is 5.82 Å². The van der Waals surface area contributed by atoms with Gasteiger partial charge in [0.25, 0.3) is 0 Å². The minimum atomic E-state index is 0. The van der Waals surface area contributed by atoms with Crippen LogP contribution in [0, 0.1) is 12.8 Å². The molecule has 3 heteroatoms. The van der Waals surface area contributed by atoms with Crippen molar-refractivity contribution in [3.8, 4) is 0 Å². The van der Waals surface area contributed by atoms with E-state index in [4.69, 9.17) is 0 Å². The third kappa shape index (κ3) is 3.86. The molecule has 4 rings (SSSR count). The molecule has 2 fully saturated rings. The number of aromatic nitrogens is 2. The zero-order valence-corrected chi connectivity index (χ0v) is 12.9. The Hall–Kier alpha value is -0.791. The van der Waals surface area contributed by atoms with Crippen molar-refractivity contribution in [1.29, 1.82) is 0 Å². The quantitative estimate of drug-likeness (QED) is 0.753. The van der Waals surface area contributed by atoms with Crippen LogP contribution in [-0.4, -0.2) is 9.97 Å². The maximum absolute atomic E-state index is 4.59. The molecule has 108 valence electrons. The molecule has 2 saturated carbocycles. The van der Waals surface area contributed by atoms with Crippen LogP contribution in [0.5, 0.6) is 0 Å². The molecule has 2 nitrogen and oxygen atoms in total. The fraction of sp³-hybridized carbons (Fsp3) is 0.471. The van der Waals surface area contributed by atoms with E-state index in [0.29, 0.717) is 5.92 Å². The summed E-state index contributed by atoms with van der Waals surface area (Å²) in [5, 5.41) is 0. The first kappa shape index (κ1) is 15.6. The molecule has 1 unspecified atom stereocenters. The Balaban J connectivity index is 0.000000210. The van der Waals surface area contributed by atoms with Gasteiger partial charge in [-0.05, 0) is 37.8 Å². The second-order valence-electron chi connectivity index (χ2n) is 5.52. The third-order valence-corrected chi connectivity index (χ3v) is 4.02. The fourth-order valence-corrected chi connectivity index (χ4v) is 2.89. The van der Waals surface area contributed by atoms with Crippen LogP contribution in [0.15, 0.2) is 24.3 Å².